The van der Waals surface area contributed by atoms with Gasteiger partial charge in [-0.2, -0.15) is 0 Å². The number of aliphatic imine (C=N–C) groups is 1. The van der Waals surface area contributed by atoms with Gasteiger partial charge >= 0.3 is 5.91 Å². The first-order valence-electron chi connectivity index (χ1n) is 1.78. The SMILES string of the molecule is O=C1N=CC=C1O. The first-order valence-corrected chi connectivity index (χ1v) is 1.78. The van der Waals surface area contributed by atoms with Crippen LogP contribution in [0.15, 0.2) is 16.8 Å². The van der Waals surface area contributed by atoms with E-state index in [9.17, 15) is 4.79 Å². The second-order valence-corrected chi connectivity index (χ2v) is 1.14. The van der Waals surface area contributed by atoms with Gasteiger partial charge in [0.2, 0.25) is 0 Å². The lowest BCUT2D eigenvalue weighted by Crippen LogP contribution is -1.89. The molecule has 3 nitrogen and oxygen atoms in total. The van der Waals surface area contributed by atoms with E-state index >= 15 is 0 Å². The van der Waals surface area contributed by atoms with Crippen molar-refractivity contribution in [3.8, 4) is 0 Å². The van der Waals surface area contributed by atoms with Crippen LogP contribution >= 0.6 is 0 Å². The van der Waals surface area contributed by atoms with Gasteiger partial charge in [-0.1, -0.05) is 0 Å². The van der Waals surface area contributed by atoms with Crippen LogP contribution in [-0.2, 0) is 4.79 Å². The van der Waals surface area contributed by atoms with Crippen LogP contribution in [0, 0.1) is 0 Å². The normalized spacial score (nSPS) is 17.7. The van der Waals surface area contributed by atoms with E-state index in [-0.39, 0.29) is 5.76 Å². The summed E-state index contributed by atoms with van der Waals surface area (Å²) >= 11 is 0. The summed E-state index contributed by atoms with van der Waals surface area (Å²) in [6.07, 6.45) is 2.51. The summed E-state index contributed by atoms with van der Waals surface area (Å²) in [6, 6.07) is 0. The Kier molecular flexibility index (Phi) is 0.685. The first kappa shape index (κ1) is 4.05. The maximum Gasteiger partial charge on any atom is 0.311 e. The average Bonchev–Trinajstić information content (AvgIpc) is 1.91. The third-order valence-electron chi connectivity index (χ3n) is 0.643. The Morgan fingerprint density at radius 3 is 2.57 bits per heavy atom. The van der Waals surface area contributed by atoms with E-state index in [1.807, 2.05) is 0 Å². The molecule has 0 fully saturated rings. The molecule has 0 atom stereocenters. The van der Waals surface area contributed by atoms with E-state index < -0.39 is 5.91 Å². The first-order chi connectivity index (χ1) is 3.30. The minimum Gasteiger partial charge on any atom is -0.503 e. The highest BCUT2D eigenvalue weighted by Gasteiger charge is 2.06. The molecule has 0 saturated carbocycles. The van der Waals surface area contributed by atoms with Crippen LogP contribution in [0.1, 0.15) is 0 Å². The van der Waals surface area contributed by atoms with E-state index in [1.54, 1.807) is 0 Å². The summed E-state index contributed by atoms with van der Waals surface area (Å²) in [5.74, 6) is -0.833. The zero-order valence-electron chi connectivity index (χ0n) is 3.46. The Bertz CT molecular complexity index is 157. The van der Waals surface area contributed by atoms with Gasteiger partial charge in [0.05, 0.1) is 0 Å². The number of nitrogens with zero attached hydrogens (tertiary/aromatic N) is 1. The minimum absolute atomic E-state index is 0.278. The van der Waals surface area contributed by atoms with Crippen molar-refractivity contribution in [2.75, 3.05) is 0 Å². The topological polar surface area (TPSA) is 49.7 Å². The van der Waals surface area contributed by atoms with Crippen molar-refractivity contribution in [1.29, 1.82) is 0 Å². The molecule has 0 unspecified atom stereocenters. The summed E-state index contributed by atoms with van der Waals surface area (Å²) in [4.78, 5) is 13.3. The third-order valence-corrected chi connectivity index (χ3v) is 0.643. The summed E-state index contributed by atoms with van der Waals surface area (Å²) < 4.78 is 0. The van der Waals surface area contributed by atoms with Gasteiger partial charge in [0.15, 0.2) is 5.76 Å². The van der Waals surface area contributed by atoms with Crippen molar-refractivity contribution in [3.63, 3.8) is 0 Å². The molecule has 36 valence electrons. The van der Waals surface area contributed by atoms with E-state index in [4.69, 9.17) is 5.11 Å². The second-order valence-electron chi connectivity index (χ2n) is 1.14. The maximum absolute atomic E-state index is 10.1. The molecule has 3 heteroatoms. The zero-order chi connectivity index (χ0) is 5.28. The molecule has 0 saturated heterocycles. The molecule has 1 heterocycles. The number of allylic oxidation sites excluding steroid dienone is 1. The van der Waals surface area contributed by atoms with Crippen molar-refractivity contribution in [3.05, 3.63) is 11.8 Å². The van der Waals surface area contributed by atoms with Gasteiger partial charge in [-0.3, -0.25) is 4.79 Å². The zero-order valence-corrected chi connectivity index (χ0v) is 3.46. The van der Waals surface area contributed by atoms with Gasteiger partial charge in [-0.25, -0.2) is 4.99 Å². The van der Waals surface area contributed by atoms with Gasteiger partial charge in [0, 0.05) is 12.3 Å². The van der Waals surface area contributed by atoms with Gasteiger partial charge < -0.3 is 5.11 Å². The molecule has 0 radical (unpaired) electrons. The number of carbonyl (C=O) groups is 1. The fraction of sp³-hybridized carbons (Fsp3) is 0. The lowest BCUT2D eigenvalue weighted by atomic mass is 10.5. The highest BCUT2D eigenvalue weighted by atomic mass is 16.3. The molecular weight excluding hydrogens is 94.0 g/mol. The quantitative estimate of drug-likeness (QED) is 0.464. The Labute approximate surface area is 40.0 Å². The van der Waals surface area contributed by atoms with Crippen molar-refractivity contribution in [2.24, 2.45) is 4.99 Å². The fourth-order valence-electron chi connectivity index (χ4n) is 0.313. The van der Waals surface area contributed by atoms with Crippen molar-refractivity contribution >= 4 is 12.1 Å². The molecule has 0 aromatic rings. The Balaban J connectivity index is 2.89. The lowest BCUT2D eigenvalue weighted by molar-refractivity contribution is -0.116. The summed E-state index contributed by atoms with van der Waals surface area (Å²) in [5, 5.41) is 8.38. The highest BCUT2D eigenvalue weighted by Crippen LogP contribution is 1.95. The molecular formula is C4H3NO2. The largest absolute Gasteiger partial charge is 0.503 e. The van der Waals surface area contributed by atoms with E-state index in [2.05, 4.69) is 4.99 Å². The van der Waals surface area contributed by atoms with E-state index in [1.165, 1.54) is 12.3 Å². The molecule has 7 heavy (non-hydrogen) atoms. The monoisotopic (exact) mass is 97.0 g/mol. The molecule has 1 N–H and O–H groups in total. The van der Waals surface area contributed by atoms with Gasteiger partial charge in [0.1, 0.15) is 0 Å². The molecule has 0 bridgehead atoms. The average molecular weight is 97.1 g/mol. The van der Waals surface area contributed by atoms with E-state index in [0.717, 1.165) is 0 Å². The number of rotatable bonds is 0. The van der Waals surface area contributed by atoms with Gasteiger partial charge in [-0.05, 0) is 0 Å². The Morgan fingerprint density at radius 2 is 2.43 bits per heavy atom. The predicted molar refractivity (Wildman–Crippen MR) is 24.2 cm³/mol. The molecule has 0 aromatic heterocycles. The van der Waals surface area contributed by atoms with Crippen LogP contribution in [0.5, 0.6) is 0 Å². The number of hydrogen-bond donors (Lipinski definition) is 1. The van der Waals surface area contributed by atoms with Crippen molar-refractivity contribution in [1.82, 2.24) is 0 Å². The Morgan fingerprint density at radius 1 is 1.71 bits per heavy atom. The number of aliphatic hydroxyl groups excluding tert-OH is 1. The fourth-order valence-corrected chi connectivity index (χ4v) is 0.313. The van der Waals surface area contributed by atoms with Gasteiger partial charge in [0.25, 0.3) is 0 Å². The number of hydrogen-bond acceptors (Lipinski definition) is 2. The summed E-state index contributed by atoms with van der Waals surface area (Å²) in [7, 11) is 0. The maximum atomic E-state index is 10.1. The predicted octanol–water partition coefficient (Wildman–Crippen LogP) is 0.0393. The summed E-state index contributed by atoms with van der Waals surface area (Å²) in [6.45, 7) is 0. The van der Waals surface area contributed by atoms with Crippen LogP contribution in [-0.4, -0.2) is 17.2 Å². The van der Waals surface area contributed by atoms with Crippen LogP contribution in [0.3, 0.4) is 0 Å². The highest BCUT2D eigenvalue weighted by molar-refractivity contribution is 6.05. The number of aliphatic hydroxyl groups is 1. The van der Waals surface area contributed by atoms with E-state index in [0.29, 0.717) is 0 Å². The molecule has 1 amide bonds. The summed E-state index contributed by atoms with van der Waals surface area (Å²) in [5.41, 5.74) is 0. The molecule has 1 aliphatic rings. The molecule has 1 rings (SSSR count). The molecule has 1 aliphatic heterocycles. The van der Waals surface area contributed by atoms with Crippen LogP contribution in [0.4, 0.5) is 0 Å². The number of amides is 1. The third kappa shape index (κ3) is 0.513. The van der Waals surface area contributed by atoms with Crippen LogP contribution in [0.25, 0.3) is 0 Å². The van der Waals surface area contributed by atoms with Gasteiger partial charge in [-0.15, -0.1) is 0 Å². The molecule has 0 aromatic carbocycles. The van der Waals surface area contributed by atoms with Crippen LogP contribution < -0.4 is 0 Å². The van der Waals surface area contributed by atoms with Crippen molar-refractivity contribution in [2.45, 2.75) is 0 Å². The number of carbonyl (C=O) groups excluding carboxylic acids is 1. The van der Waals surface area contributed by atoms with Crippen molar-refractivity contribution < 1.29 is 9.90 Å². The minimum atomic E-state index is -0.556. The molecule has 0 spiro atoms. The second kappa shape index (κ2) is 1.18. The lowest BCUT2D eigenvalue weighted by Gasteiger charge is -1.78. The molecule has 0 aliphatic carbocycles. The Hall–Kier alpha value is -1.12. The smallest absolute Gasteiger partial charge is 0.311 e. The van der Waals surface area contributed by atoms with Crippen LogP contribution in [0.2, 0.25) is 0 Å². The standard InChI is InChI=1S/C4H3NO2/c6-3-1-2-5-4(3)7/h1-2H,(H,5,6,7).